The highest BCUT2D eigenvalue weighted by molar-refractivity contribution is 5.91. The van der Waals surface area contributed by atoms with Gasteiger partial charge in [0.05, 0.1) is 0 Å². The number of anilines is 2. The summed E-state index contributed by atoms with van der Waals surface area (Å²) < 4.78 is 4.95. The van der Waals surface area contributed by atoms with Crippen molar-refractivity contribution in [2.45, 2.75) is 33.2 Å². The molecule has 0 saturated heterocycles. The molecule has 0 aliphatic heterocycles. The number of fused-ring (bicyclic) bond motifs is 3. The maximum Gasteiger partial charge on any atom is 0.321 e. The van der Waals surface area contributed by atoms with Crippen molar-refractivity contribution >= 4 is 35.5 Å². The van der Waals surface area contributed by atoms with Crippen LogP contribution < -0.4 is 42.0 Å². The number of benzene rings is 3. The average molecular weight is 670 g/mol. The van der Waals surface area contributed by atoms with Crippen LogP contribution in [-0.2, 0) is 13.0 Å². The SMILES string of the molecule is CNC(=O)NCC(C)(C)CNC(=O)Nc1ccc(CNC(=O)NCCCN(C)C(=O)Nc2ccc3c(c2)Cc2cc(OC#N)ccc2-3)cc1. The fourth-order valence-corrected chi connectivity index (χ4v) is 5.14. The lowest BCUT2D eigenvalue weighted by atomic mass is 9.93. The Morgan fingerprint density at radius 1 is 0.816 bits per heavy atom. The minimum atomic E-state index is -0.361. The first-order valence-electron chi connectivity index (χ1n) is 15.9. The third-order valence-corrected chi connectivity index (χ3v) is 7.92. The van der Waals surface area contributed by atoms with Gasteiger partial charge in [0.25, 0.3) is 6.26 Å². The smallest absolute Gasteiger partial charge is 0.321 e. The summed E-state index contributed by atoms with van der Waals surface area (Å²) in [6.07, 6.45) is 2.94. The number of carbonyl (C=O) groups is 4. The second-order valence-corrected chi connectivity index (χ2v) is 12.5. The molecule has 0 spiro atoms. The van der Waals surface area contributed by atoms with E-state index in [1.165, 1.54) is 0 Å². The molecule has 14 heteroatoms. The van der Waals surface area contributed by atoms with Gasteiger partial charge in [-0.25, -0.2) is 19.2 Å². The number of nitrogens with zero attached hydrogens (tertiary/aromatic N) is 2. The second-order valence-electron chi connectivity index (χ2n) is 12.5. The quantitative estimate of drug-likeness (QED) is 0.0808. The van der Waals surface area contributed by atoms with E-state index in [0.29, 0.717) is 62.7 Å². The number of nitriles is 1. The topological polar surface area (TPSA) is 189 Å². The summed E-state index contributed by atoms with van der Waals surface area (Å²) in [6.45, 7) is 5.75. The van der Waals surface area contributed by atoms with Gasteiger partial charge in [0.1, 0.15) is 5.75 Å². The van der Waals surface area contributed by atoms with E-state index in [9.17, 15) is 19.2 Å². The first-order chi connectivity index (χ1) is 23.5. The van der Waals surface area contributed by atoms with Crippen LogP contribution in [-0.4, -0.2) is 69.3 Å². The molecule has 3 aromatic rings. The molecule has 4 rings (SSSR count). The van der Waals surface area contributed by atoms with Gasteiger partial charge in [0.2, 0.25) is 0 Å². The molecule has 0 bridgehead atoms. The Morgan fingerprint density at radius 3 is 2.16 bits per heavy atom. The second kappa shape index (κ2) is 16.7. The predicted molar refractivity (Wildman–Crippen MR) is 187 cm³/mol. The lowest BCUT2D eigenvalue weighted by molar-refractivity contribution is 0.221. The van der Waals surface area contributed by atoms with Crippen molar-refractivity contribution in [2.24, 2.45) is 5.41 Å². The van der Waals surface area contributed by atoms with Crippen LogP contribution in [0.25, 0.3) is 11.1 Å². The highest BCUT2D eigenvalue weighted by Crippen LogP contribution is 2.39. The zero-order valence-electron chi connectivity index (χ0n) is 28.2. The molecule has 0 fully saturated rings. The van der Waals surface area contributed by atoms with E-state index in [-0.39, 0.29) is 29.5 Å². The summed E-state index contributed by atoms with van der Waals surface area (Å²) in [5.41, 5.74) is 6.13. The molecule has 0 radical (unpaired) electrons. The molecule has 258 valence electrons. The minimum absolute atomic E-state index is 0.251. The maximum absolute atomic E-state index is 12.8. The fraction of sp³-hybridized carbons (Fsp3) is 0.343. The fourth-order valence-electron chi connectivity index (χ4n) is 5.14. The molecule has 0 unspecified atom stereocenters. The number of amides is 8. The molecular weight excluding hydrogens is 626 g/mol. The summed E-state index contributed by atoms with van der Waals surface area (Å²) in [4.78, 5) is 50.3. The van der Waals surface area contributed by atoms with Crippen LogP contribution in [0.15, 0.2) is 60.7 Å². The van der Waals surface area contributed by atoms with Crippen LogP contribution >= 0.6 is 0 Å². The Kier molecular flexibility index (Phi) is 12.3. The first kappa shape index (κ1) is 35.9. The monoisotopic (exact) mass is 669 g/mol. The Morgan fingerprint density at radius 2 is 1.47 bits per heavy atom. The zero-order chi connectivity index (χ0) is 35.4. The van der Waals surface area contributed by atoms with E-state index >= 15 is 0 Å². The molecule has 8 amide bonds. The van der Waals surface area contributed by atoms with Crippen molar-refractivity contribution < 1.29 is 23.9 Å². The van der Waals surface area contributed by atoms with Gasteiger partial charge in [0, 0.05) is 58.2 Å². The lowest BCUT2D eigenvalue weighted by Crippen LogP contribution is -2.45. The molecule has 0 heterocycles. The van der Waals surface area contributed by atoms with Crippen molar-refractivity contribution in [2.75, 3.05) is 50.9 Å². The van der Waals surface area contributed by atoms with Gasteiger partial charge in [-0.3, -0.25) is 0 Å². The normalized spacial score (nSPS) is 11.2. The zero-order valence-corrected chi connectivity index (χ0v) is 28.2. The Labute approximate surface area is 286 Å². The van der Waals surface area contributed by atoms with Gasteiger partial charge in [-0.1, -0.05) is 38.1 Å². The number of rotatable bonds is 13. The van der Waals surface area contributed by atoms with Crippen molar-refractivity contribution in [3.8, 4) is 23.1 Å². The summed E-state index contributed by atoms with van der Waals surface area (Å²) in [5.74, 6) is 0.506. The number of ether oxygens (including phenoxy) is 1. The number of carbonyl (C=O) groups excluding carboxylic acids is 4. The summed E-state index contributed by atoms with van der Waals surface area (Å²) in [7, 11) is 3.24. The van der Waals surface area contributed by atoms with Gasteiger partial charge in [-0.15, -0.1) is 5.26 Å². The molecule has 14 nitrogen and oxygen atoms in total. The van der Waals surface area contributed by atoms with Crippen molar-refractivity contribution in [1.29, 1.82) is 5.26 Å². The molecular formula is C35H43N9O5. The lowest BCUT2D eigenvalue weighted by Gasteiger charge is -2.25. The van der Waals surface area contributed by atoms with Gasteiger partial charge in [0.15, 0.2) is 0 Å². The average Bonchev–Trinajstić information content (AvgIpc) is 3.45. The van der Waals surface area contributed by atoms with E-state index in [0.717, 1.165) is 27.8 Å². The van der Waals surface area contributed by atoms with E-state index in [4.69, 9.17) is 10.00 Å². The number of nitrogens with one attached hydrogen (secondary N) is 7. The van der Waals surface area contributed by atoms with Crippen LogP contribution in [0.2, 0.25) is 0 Å². The molecule has 3 aromatic carbocycles. The maximum atomic E-state index is 12.8. The Balaban J connectivity index is 1.10. The van der Waals surface area contributed by atoms with Gasteiger partial charge in [-0.2, -0.15) is 0 Å². The highest BCUT2D eigenvalue weighted by Gasteiger charge is 2.21. The van der Waals surface area contributed by atoms with Crippen molar-refractivity contribution in [3.63, 3.8) is 0 Å². The van der Waals surface area contributed by atoms with Crippen LogP contribution in [0.3, 0.4) is 0 Å². The van der Waals surface area contributed by atoms with Crippen LogP contribution in [0, 0.1) is 16.9 Å². The van der Waals surface area contributed by atoms with Crippen LogP contribution in [0.5, 0.6) is 5.75 Å². The van der Waals surface area contributed by atoms with Gasteiger partial charge in [-0.05, 0) is 82.5 Å². The third kappa shape index (κ3) is 10.8. The van der Waals surface area contributed by atoms with E-state index in [1.807, 2.05) is 56.3 Å². The molecule has 0 saturated carbocycles. The number of hydrogen-bond acceptors (Lipinski definition) is 6. The first-order valence-corrected chi connectivity index (χ1v) is 15.9. The Bertz CT molecular complexity index is 1700. The number of urea groups is 4. The standard InChI is InChI=1S/C35H43N9O5/c1-35(2,20-40-31(45)37-3)21-41-33(47)42-26-8-6-23(7-9-26)19-39-32(46)38-14-5-15-44(4)34(48)43-27-10-12-29-24(17-27)16-25-18-28(49-22-36)11-13-30(25)29/h6-13,17-18H,5,14-16,19-21H2,1-4H3,(H,43,48)(H2,37,40,45)(H2,38,39,46)(H2,41,42,47). The Hall–Kier alpha value is -5.97. The van der Waals surface area contributed by atoms with Gasteiger partial charge < -0.3 is 46.9 Å². The molecule has 1 aliphatic carbocycles. The largest absolute Gasteiger partial charge is 0.388 e. The van der Waals surface area contributed by atoms with E-state index in [2.05, 4.69) is 37.2 Å². The van der Waals surface area contributed by atoms with Crippen molar-refractivity contribution in [1.82, 2.24) is 31.5 Å². The minimum Gasteiger partial charge on any atom is -0.388 e. The molecule has 1 aliphatic rings. The number of hydrogen-bond donors (Lipinski definition) is 7. The summed E-state index contributed by atoms with van der Waals surface area (Å²) in [6, 6.07) is 17.3. The van der Waals surface area contributed by atoms with E-state index in [1.54, 1.807) is 43.4 Å². The molecule has 0 aromatic heterocycles. The van der Waals surface area contributed by atoms with E-state index < -0.39 is 0 Å². The van der Waals surface area contributed by atoms with Crippen molar-refractivity contribution in [3.05, 3.63) is 77.4 Å². The van der Waals surface area contributed by atoms with Crippen LogP contribution in [0.4, 0.5) is 30.6 Å². The third-order valence-electron chi connectivity index (χ3n) is 7.92. The highest BCUT2D eigenvalue weighted by atomic mass is 16.5. The van der Waals surface area contributed by atoms with Crippen LogP contribution in [0.1, 0.15) is 37.0 Å². The molecule has 7 N–H and O–H groups in total. The summed E-state index contributed by atoms with van der Waals surface area (Å²) >= 11 is 0. The summed E-state index contributed by atoms with van der Waals surface area (Å²) in [5, 5.41) is 28.1. The molecule has 49 heavy (non-hydrogen) atoms. The predicted octanol–water partition coefficient (Wildman–Crippen LogP) is 4.55. The van der Waals surface area contributed by atoms with Gasteiger partial charge >= 0.3 is 24.1 Å². The molecule has 0 atom stereocenters.